The molecule has 2 atom stereocenters. The fourth-order valence-electron chi connectivity index (χ4n) is 0.743. The topological polar surface area (TPSA) is 80.4 Å². The zero-order valence-electron chi connectivity index (χ0n) is 6.05. The van der Waals surface area contributed by atoms with Crippen LogP contribution in [-0.4, -0.2) is 13.7 Å². The highest BCUT2D eigenvalue weighted by molar-refractivity contribution is 9.10. The Morgan fingerprint density at radius 2 is 2.38 bits per heavy atom. The van der Waals surface area contributed by atoms with Gasteiger partial charge in [0.1, 0.15) is 4.88 Å². The number of rotatable bonds is 3. The second kappa shape index (κ2) is 4.27. The summed E-state index contributed by atoms with van der Waals surface area (Å²) in [6, 6.07) is 1.60. The maximum absolute atomic E-state index is 10.6. The Labute approximate surface area is 88.3 Å². The molecule has 1 heterocycles. The fourth-order valence-corrected chi connectivity index (χ4v) is 3.30. The zero-order valence-corrected chi connectivity index (χ0v) is 9.26. The van der Waals surface area contributed by atoms with Crippen molar-refractivity contribution in [2.45, 2.75) is 5.37 Å². The maximum Gasteiger partial charge on any atom is 0.345 e. The van der Waals surface area contributed by atoms with Crippen LogP contribution >= 0.6 is 27.3 Å². The lowest BCUT2D eigenvalue weighted by Crippen LogP contribution is -2.14. The molecule has 8 heteroatoms. The summed E-state index contributed by atoms with van der Waals surface area (Å²) in [6.07, 6.45) is 0. The van der Waals surface area contributed by atoms with E-state index in [4.69, 9.17) is 4.55 Å². The third kappa shape index (κ3) is 2.33. The van der Waals surface area contributed by atoms with E-state index in [2.05, 4.69) is 15.9 Å². The summed E-state index contributed by atoms with van der Waals surface area (Å²) in [5.74, 6) is 0. The lowest BCUT2D eigenvalue weighted by molar-refractivity contribution is -0.502. The van der Waals surface area contributed by atoms with Crippen molar-refractivity contribution in [2.24, 2.45) is 0 Å². The SMILES string of the molecule is O=[N+]([O-])C(c1sccc1Br)S(=O)O. The quantitative estimate of drug-likeness (QED) is 0.523. The normalized spacial score (nSPS) is 15.2. The van der Waals surface area contributed by atoms with Crippen LogP contribution in [0.1, 0.15) is 10.3 Å². The minimum atomic E-state index is -2.49. The standard InChI is InChI=1S/C5H4BrNO4S2/c6-3-1-2-12-4(3)5(7(8)9)13(10)11/h1-2,5H,(H,10,11). The molecule has 0 fully saturated rings. The van der Waals surface area contributed by atoms with Crippen molar-refractivity contribution in [1.29, 1.82) is 0 Å². The van der Waals surface area contributed by atoms with E-state index in [-0.39, 0.29) is 4.88 Å². The number of halogens is 1. The number of hydrogen-bond donors (Lipinski definition) is 1. The Hall–Kier alpha value is -0.310. The van der Waals surface area contributed by atoms with Crippen LogP contribution in [0.3, 0.4) is 0 Å². The largest absolute Gasteiger partial charge is 0.345 e. The molecule has 0 saturated heterocycles. The first kappa shape index (κ1) is 10.8. The Morgan fingerprint density at radius 1 is 1.77 bits per heavy atom. The predicted molar refractivity (Wildman–Crippen MR) is 52.5 cm³/mol. The van der Waals surface area contributed by atoms with Crippen molar-refractivity contribution in [3.8, 4) is 0 Å². The average Bonchev–Trinajstić information content (AvgIpc) is 2.35. The molecule has 0 aliphatic heterocycles. The molecule has 0 saturated carbocycles. The summed E-state index contributed by atoms with van der Waals surface area (Å²) >= 11 is 1.64. The second-order valence-electron chi connectivity index (χ2n) is 2.05. The van der Waals surface area contributed by atoms with E-state index in [0.717, 1.165) is 11.3 Å². The van der Waals surface area contributed by atoms with Gasteiger partial charge < -0.3 is 4.55 Å². The summed E-state index contributed by atoms with van der Waals surface area (Å²) in [4.78, 5) is 9.91. The van der Waals surface area contributed by atoms with E-state index in [0.29, 0.717) is 4.47 Å². The molecule has 0 spiro atoms. The predicted octanol–water partition coefficient (Wildman–Crippen LogP) is 2.01. The van der Waals surface area contributed by atoms with Crippen LogP contribution in [0, 0.1) is 10.1 Å². The third-order valence-corrected chi connectivity index (χ3v) is 4.11. The van der Waals surface area contributed by atoms with Crippen LogP contribution in [0.4, 0.5) is 0 Å². The lowest BCUT2D eigenvalue weighted by Gasteiger charge is -2.02. The van der Waals surface area contributed by atoms with Crippen molar-refractivity contribution in [3.05, 3.63) is 30.9 Å². The highest BCUT2D eigenvalue weighted by atomic mass is 79.9. The van der Waals surface area contributed by atoms with Crippen LogP contribution in [0.5, 0.6) is 0 Å². The molecule has 1 N–H and O–H groups in total. The zero-order chi connectivity index (χ0) is 10.0. The monoisotopic (exact) mass is 285 g/mol. The Morgan fingerprint density at radius 3 is 2.69 bits per heavy atom. The first-order chi connectivity index (χ1) is 6.04. The van der Waals surface area contributed by atoms with Crippen molar-refractivity contribution < 1.29 is 13.7 Å². The fraction of sp³-hybridized carbons (Fsp3) is 0.200. The summed E-state index contributed by atoms with van der Waals surface area (Å²) in [7, 11) is 0. The first-order valence-corrected chi connectivity index (χ1v) is 5.84. The van der Waals surface area contributed by atoms with Crippen molar-refractivity contribution in [3.63, 3.8) is 0 Å². The molecule has 0 bridgehead atoms. The van der Waals surface area contributed by atoms with Gasteiger partial charge in [-0.25, -0.2) is 4.21 Å². The van der Waals surface area contributed by atoms with Gasteiger partial charge in [-0.1, -0.05) is 0 Å². The highest BCUT2D eigenvalue weighted by Crippen LogP contribution is 2.32. The molecule has 1 aromatic rings. The minimum absolute atomic E-state index is 0.255. The summed E-state index contributed by atoms with van der Waals surface area (Å²) in [5.41, 5.74) is 0. The molecule has 1 rings (SSSR count). The van der Waals surface area contributed by atoms with Crippen LogP contribution in [-0.2, 0) is 11.1 Å². The smallest absolute Gasteiger partial charge is 0.301 e. The van der Waals surface area contributed by atoms with Crippen molar-refractivity contribution in [1.82, 2.24) is 0 Å². The molecule has 2 unspecified atom stereocenters. The van der Waals surface area contributed by atoms with E-state index >= 15 is 0 Å². The molecular formula is C5H4BrNO4S2. The Bertz CT molecular complexity index is 338. The van der Waals surface area contributed by atoms with Gasteiger partial charge in [0.15, 0.2) is 0 Å². The van der Waals surface area contributed by atoms with Gasteiger partial charge in [0.2, 0.25) is 11.1 Å². The van der Waals surface area contributed by atoms with Crippen LogP contribution < -0.4 is 0 Å². The van der Waals surface area contributed by atoms with E-state index in [1.54, 1.807) is 11.4 Å². The van der Waals surface area contributed by atoms with Gasteiger partial charge in [0, 0.05) is 9.40 Å². The number of nitrogens with zero attached hydrogens (tertiary/aromatic N) is 1. The molecule has 1 aromatic heterocycles. The highest BCUT2D eigenvalue weighted by Gasteiger charge is 2.32. The molecule has 13 heavy (non-hydrogen) atoms. The Kier molecular flexibility index (Phi) is 3.54. The molecular weight excluding hydrogens is 282 g/mol. The lowest BCUT2D eigenvalue weighted by atomic mass is 10.5. The van der Waals surface area contributed by atoms with Gasteiger partial charge in [0.05, 0.1) is 0 Å². The minimum Gasteiger partial charge on any atom is -0.301 e. The van der Waals surface area contributed by atoms with E-state index in [1.807, 2.05) is 0 Å². The molecule has 5 nitrogen and oxygen atoms in total. The Balaban J connectivity index is 3.09. The first-order valence-electron chi connectivity index (χ1n) is 3.00. The molecule has 0 aromatic carbocycles. The van der Waals surface area contributed by atoms with Gasteiger partial charge in [-0.05, 0) is 27.4 Å². The maximum atomic E-state index is 10.6. The van der Waals surface area contributed by atoms with Gasteiger partial charge in [-0.15, -0.1) is 11.3 Å². The van der Waals surface area contributed by atoms with Crippen LogP contribution in [0.2, 0.25) is 0 Å². The van der Waals surface area contributed by atoms with Gasteiger partial charge in [-0.3, -0.25) is 10.1 Å². The summed E-state index contributed by atoms with van der Waals surface area (Å²) in [6.45, 7) is 0. The molecule has 0 aliphatic rings. The van der Waals surface area contributed by atoms with Crippen molar-refractivity contribution >= 4 is 38.3 Å². The van der Waals surface area contributed by atoms with Crippen LogP contribution in [0.15, 0.2) is 15.9 Å². The number of hydrogen-bond acceptors (Lipinski definition) is 4. The number of nitro groups is 1. The third-order valence-electron chi connectivity index (χ3n) is 1.25. The van der Waals surface area contributed by atoms with Gasteiger partial charge in [-0.2, -0.15) is 0 Å². The second-order valence-corrected chi connectivity index (χ2v) is 4.85. The van der Waals surface area contributed by atoms with Crippen molar-refractivity contribution in [2.75, 3.05) is 0 Å². The van der Waals surface area contributed by atoms with Gasteiger partial charge >= 0.3 is 5.37 Å². The van der Waals surface area contributed by atoms with E-state index in [9.17, 15) is 14.3 Å². The molecule has 0 aliphatic carbocycles. The number of thiophene rings is 1. The molecule has 0 radical (unpaired) electrons. The summed E-state index contributed by atoms with van der Waals surface area (Å²) in [5, 5.41) is 10.5. The summed E-state index contributed by atoms with van der Waals surface area (Å²) < 4.78 is 19.8. The van der Waals surface area contributed by atoms with Crippen LogP contribution in [0.25, 0.3) is 0 Å². The average molecular weight is 286 g/mol. The van der Waals surface area contributed by atoms with E-state index < -0.39 is 21.4 Å². The molecule has 72 valence electrons. The molecule has 0 amide bonds. The van der Waals surface area contributed by atoms with E-state index in [1.165, 1.54) is 0 Å². The van der Waals surface area contributed by atoms with Gasteiger partial charge in [0.25, 0.3) is 0 Å².